The van der Waals surface area contributed by atoms with Crippen LogP contribution in [0.15, 0.2) is 96.3 Å². The van der Waals surface area contributed by atoms with Gasteiger partial charge in [0.15, 0.2) is 11.6 Å². The van der Waals surface area contributed by atoms with E-state index in [1.807, 2.05) is 18.2 Å². The van der Waals surface area contributed by atoms with Gasteiger partial charge in [-0.3, -0.25) is 9.59 Å². The Kier molecular flexibility index (Phi) is 4.67. The van der Waals surface area contributed by atoms with E-state index in [2.05, 4.69) is 56.1 Å². The minimum absolute atomic E-state index is 0.0597. The summed E-state index contributed by atoms with van der Waals surface area (Å²) in [6.45, 7) is 4.45. The fraction of sp³-hybridized carbons (Fsp3) is 0.154. The van der Waals surface area contributed by atoms with Crippen LogP contribution in [-0.4, -0.2) is 18.6 Å². The third kappa shape index (κ3) is 3.09. The minimum atomic E-state index is -0.201. The quantitative estimate of drug-likeness (QED) is 0.405. The molecule has 4 rings (SSSR count). The first-order valence-corrected chi connectivity index (χ1v) is 9.70. The lowest BCUT2D eigenvalue weighted by Crippen LogP contribution is -2.22. The zero-order valence-corrected chi connectivity index (χ0v) is 16.8. The molecule has 1 aliphatic heterocycles. The molecule has 0 saturated heterocycles. The first-order chi connectivity index (χ1) is 13.9. The Morgan fingerprint density at radius 1 is 0.759 bits per heavy atom. The van der Waals surface area contributed by atoms with E-state index in [1.54, 1.807) is 36.4 Å². The Labute approximate surface area is 171 Å². The van der Waals surface area contributed by atoms with Crippen LogP contribution in [0.5, 0.6) is 0 Å². The Morgan fingerprint density at radius 2 is 1.31 bits per heavy atom. The van der Waals surface area contributed by atoms with Gasteiger partial charge < -0.3 is 4.90 Å². The van der Waals surface area contributed by atoms with Crippen molar-refractivity contribution in [1.82, 2.24) is 0 Å². The number of nitrogens with zero attached hydrogens (tertiary/aromatic N) is 1. The summed E-state index contributed by atoms with van der Waals surface area (Å²) in [7, 11) is 2.09. The Balaban J connectivity index is 1.49. The molecule has 0 aromatic heterocycles. The van der Waals surface area contributed by atoms with Gasteiger partial charge in [0.05, 0.1) is 5.57 Å². The topological polar surface area (TPSA) is 37.4 Å². The van der Waals surface area contributed by atoms with Crippen LogP contribution in [-0.2, 0) is 5.41 Å². The molecule has 0 N–H and O–H groups in total. The fourth-order valence-corrected chi connectivity index (χ4v) is 4.15. The highest BCUT2D eigenvalue weighted by atomic mass is 16.2. The summed E-state index contributed by atoms with van der Waals surface area (Å²) in [4.78, 5) is 26.9. The van der Waals surface area contributed by atoms with Crippen LogP contribution in [0.25, 0.3) is 0 Å². The maximum Gasteiger partial charge on any atom is 0.197 e. The summed E-state index contributed by atoms with van der Waals surface area (Å²) in [5, 5.41) is 0. The van der Waals surface area contributed by atoms with E-state index in [0.29, 0.717) is 11.1 Å². The van der Waals surface area contributed by atoms with Crippen molar-refractivity contribution in [2.45, 2.75) is 19.3 Å². The summed E-state index contributed by atoms with van der Waals surface area (Å²) < 4.78 is 0. The molecular formula is C26H23NO2. The first-order valence-electron chi connectivity index (χ1n) is 9.70. The molecule has 0 unspecified atom stereocenters. The number of allylic oxidation sites excluding steroid dienone is 8. The minimum Gasteiger partial charge on any atom is -0.347 e. The predicted molar refractivity (Wildman–Crippen MR) is 117 cm³/mol. The number of anilines is 1. The number of rotatable bonds is 3. The molecule has 0 atom stereocenters. The van der Waals surface area contributed by atoms with Crippen LogP contribution >= 0.6 is 0 Å². The van der Waals surface area contributed by atoms with Crippen molar-refractivity contribution in [2.24, 2.45) is 0 Å². The molecule has 3 nitrogen and oxygen atoms in total. The molecule has 144 valence electrons. The second kappa shape index (κ2) is 7.17. The van der Waals surface area contributed by atoms with Crippen molar-refractivity contribution in [3.05, 3.63) is 113 Å². The number of para-hydroxylation sites is 1. The molecule has 0 radical (unpaired) electrons. The van der Waals surface area contributed by atoms with Crippen molar-refractivity contribution in [3.8, 4) is 0 Å². The standard InChI is InChI=1S/C26H23NO2/c1-26(2)21-15-10-11-16-22(21)27(3)23(26)17-7-5-4-6-14-20-24(28)18-12-8-9-13-19(18)25(20)29/h4-17H,1-3H3/b6-4+,7-5+,23-17-. The summed E-state index contributed by atoms with van der Waals surface area (Å²) in [5.41, 5.74) is 4.91. The van der Waals surface area contributed by atoms with Crippen LogP contribution in [0.1, 0.15) is 40.1 Å². The first kappa shape index (κ1) is 18.9. The summed E-state index contributed by atoms with van der Waals surface area (Å²) in [5.74, 6) is -0.401. The number of hydrogen-bond donors (Lipinski definition) is 0. The number of carbonyl (C=O) groups excluding carboxylic acids is 2. The smallest absolute Gasteiger partial charge is 0.197 e. The molecule has 0 bridgehead atoms. The van der Waals surface area contributed by atoms with Gasteiger partial charge in [-0.2, -0.15) is 0 Å². The number of ketones is 2. The SMILES string of the molecule is CN1\C(=C/C=C/C=C/C=C2C(=O)c3ccccc3C2=O)C(C)(C)c2ccccc21. The number of benzene rings is 2. The maximum absolute atomic E-state index is 12.4. The lowest BCUT2D eigenvalue weighted by atomic mass is 9.84. The van der Waals surface area contributed by atoms with Gasteiger partial charge in [0.25, 0.3) is 0 Å². The average Bonchev–Trinajstić information content (AvgIpc) is 3.08. The summed E-state index contributed by atoms with van der Waals surface area (Å²) >= 11 is 0. The summed E-state index contributed by atoms with van der Waals surface area (Å²) in [6, 6.07) is 15.4. The third-order valence-corrected chi connectivity index (χ3v) is 5.70. The molecule has 2 aliphatic rings. The van der Waals surface area contributed by atoms with Gasteiger partial charge in [-0.15, -0.1) is 0 Å². The van der Waals surface area contributed by atoms with E-state index >= 15 is 0 Å². The van der Waals surface area contributed by atoms with Gasteiger partial charge in [0, 0.05) is 35.0 Å². The van der Waals surface area contributed by atoms with Gasteiger partial charge >= 0.3 is 0 Å². The van der Waals surface area contributed by atoms with E-state index in [4.69, 9.17) is 0 Å². The molecule has 1 aliphatic carbocycles. The van der Waals surface area contributed by atoms with E-state index < -0.39 is 0 Å². The van der Waals surface area contributed by atoms with Crippen LogP contribution in [0.4, 0.5) is 5.69 Å². The van der Waals surface area contributed by atoms with Gasteiger partial charge in [-0.1, -0.05) is 80.6 Å². The number of Topliss-reactive ketones (excluding diaryl/α,β-unsaturated/α-hetero) is 2. The van der Waals surface area contributed by atoms with Crippen molar-refractivity contribution >= 4 is 17.3 Å². The largest absolute Gasteiger partial charge is 0.347 e. The van der Waals surface area contributed by atoms with Gasteiger partial charge in [-0.25, -0.2) is 0 Å². The Bertz CT molecular complexity index is 1090. The molecule has 29 heavy (non-hydrogen) atoms. The number of likely N-dealkylation sites (N-methyl/N-ethyl adjacent to an activating group) is 1. The molecule has 0 amide bonds. The second-order valence-corrected chi connectivity index (χ2v) is 7.81. The highest BCUT2D eigenvalue weighted by Crippen LogP contribution is 2.46. The average molecular weight is 381 g/mol. The van der Waals surface area contributed by atoms with Crippen LogP contribution in [0, 0.1) is 0 Å². The van der Waals surface area contributed by atoms with Gasteiger partial charge in [0.2, 0.25) is 0 Å². The van der Waals surface area contributed by atoms with Crippen molar-refractivity contribution < 1.29 is 9.59 Å². The predicted octanol–water partition coefficient (Wildman–Crippen LogP) is 5.42. The van der Waals surface area contributed by atoms with Gasteiger partial charge in [-0.05, 0) is 23.8 Å². The lowest BCUT2D eigenvalue weighted by Gasteiger charge is -2.23. The number of fused-ring (bicyclic) bond motifs is 2. The molecule has 2 aromatic carbocycles. The maximum atomic E-state index is 12.4. The lowest BCUT2D eigenvalue weighted by molar-refractivity contribution is 0.0989. The summed E-state index contributed by atoms with van der Waals surface area (Å²) in [6.07, 6.45) is 11.2. The molecule has 2 aromatic rings. The van der Waals surface area contributed by atoms with E-state index in [9.17, 15) is 9.59 Å². The molecule has 0 spiro atoms. The van der Waals surface area contributed by atoms with E-state index in [0.717, 1.165) is 0 Å². The zero-order valence-electron chi connectivity index (χ0n) is 16.8. The van der Waals surface area contributed by atoms with E-state index in [-0.39, 0.29) is 22.6 Å². The molecule has 3 heteroatoms. The van der Waals surface area contributed by atoms with Crippen LogP contribution < -0.4 is 4.90 Å². The Hall–Kier alpha value is -3.46. The molecule has 1 heterocycles. The molecule has 0 saturated carbocycles. The highest BCUT2D eigenvalue weighted by molar-refractivity contribution is 6.39. The van der Waals surface area contributed by atoms with E-state index in [1.165, 1.54) is 16.9 Å². The normalized spacial score (nSPS) is 18.9. The Morgan fingerprint density at radius 3 is 1.93 bits per heavy atom. The third-order valence-electron chi connectivity index (χ3n) is 5.70. The fourth-order valence-electron chi connectivity index (χ4n) is 4.15. The second-order valence-electron chi connectivity index (χ2n) is 7.81. The van der Waals surface area contributed by atoms with Crippen molar-refractivity contribution in [2.75, 3.05) is 11.9 Å². The molecule has 0 fully saturated rings. The van der Waals surface area contributed by atoms with Crippen LogP contribution in [0.3, 0.4) is 0 Å². The van der Waals surface area contributed by atoms with Crippen LogP contribution in [0.2, 0.25) is 0 Å². The number of carbonyl (C=O) groups is 2. The number of hydrogen-bond acceptors (Lipinski definition) is 3. The zero-order chi connectivity index (χ0) is 20.6. The monoisotopic (exact) mass is 381 g/mol. The highest BCUT2D eigenvalue weighted by Gasteiger charge is 2.37. The van der Waals surface area contributed by atoms with Crippen molar-refractivity contribution in [1.29, 1.82) is 0 Å². The molecular weight excluding hydrogens is 358 g/mol. The van der Waals surface area contributed by atoms with Gasteiger partial charge in [0.1, 0.15) is 0 Å². The van der Waals surface area contributed by atoms with Crippen molar-refractivity contribution in [3.63, 3.8) is 0 Å².